The zero-order valence-corrected chi connectivity index (χ0v) is 11.4. The highest BCUT2D eigenvalue weighted by molar-refractivity contribution is 6.17. The molecule has 0 aromatic heterocycles. The lowest BCUT2D eigenvalue weighted by atomic mass is 10.0. The second-order valence-corrected chi connectivity index (χ2v) is 4.10. The Labute approximate surface area is 111 Å². The first kappa shape index (κ1) is 14.8. The predicted molar refractivity (Wildman–Crippen MR) is 67.6 cm³/mol. The van der Waals surface area contributed by atoms with Gasteiger partial charge in [0.1, 0.15) is 0 Å². The van der Waals surface area contributed by atoms with Gasteiger partial charge in [-0.2, -0.15) is 0 Å². The molecule has 0 aliphatic carbocycles. The van der Waals surface area contributed by atoms with Crippen LogP contribution < -0.4 is 4.74 Å². The SMILES string of the molecule is CCOC(=O)COc1cc(C)c(CCl)c(C)c1F. The fraction of sp³-hybridized carbons (Fsp3) is 0.462. The Bertz CT molecular complexity index is 446. The van der Waals surface area contributed by atoms with Gasteiger partial charge >= 0.3 is 5.97 Å². The van der Waals surface area contributed by atoms with Crippen LogP contribution in [0.1, 0.15) is 23.6 Å². The zero-order valence-electron chi connectivity index (χ0n) is 10.7. The Morgan fingerprint density at radius 3 is 2.67 bits per heavy atom. The van der Waals surface area contributed by atoms with Gasteiger partial charge < -0.3 is 9.47 Å². The highest BCUT2D eigenvalue weighted by Gasteiger charge is 2.14. The summed E-state index contributed by atoms with van der Waals surface area (Å²) in [6, 6.07) is 1.54. The number of ether oxygens (including phenoxy) is 2. The molecule has 0 saturated heterocycles. The van der Waals surface area contributed by atoms with Crippen molar-refractivity contribution < 1.29 is 18.7 Å². The first-order chi connectivity index (χ1) is 8.51. The van der Waals surface area contributed by atoms with Crippen LogP contribution in [0.25, 0.3) is 0 Å². The molecular weight excluding hydrogens is 259 g/mol. The number of carbonyl (C=O) groups is 1. The summed E-state index contributed by atoms with van der Waals surface area (Å²) in [4.78, 5) is 11.1. The van der Waals surface area contributed by atoms with Crippen LogP contribution in [0, 0.1) is 19.7 Å². The van der Waals surface area contributed by atoms with Crippen molar-refractivity contribution in [2.45, 2.75) is 26.7 Å². The number of benzene rings is 1. The molecule has 0 saturated carbocycles. The molecule has 0 N–H and O–H groups in total. The normalized spacial score (nSPS) is 10.3. The molecule has 3 nitrogen and oxygen atoms in total. The summed E-state index contributed by atoms with van der Waals surface area (Å²) in [5, 5.41) is 0. The van der Waals surface area contributed by atoms with Gasteiger partial charge in [0.05, 0.1) is 6.61 Å². The smallest absolute Gasteiger partial charge is 0.344 e. The average Bonchev–Trinajstić information content (AvgIpc) is 2.33. The minimum absolute atomic E-state index is 0.0481. The van der Waals surface area contributed by atoms with Crippen LogP contribution in [0.3, 0.4) is 0 Å². The molecule has 0 atom stereocenters. The minimum atomic E-state index is -0.520. The summed E-state index contributed by atoms with van der Waals surface area (Å²) >= 11 is 5.75. The lowest BCUT2D eigenvalue weighted by Crippen LogP contribution is -2.15. The molecule has 1 aromatic carbocycles. The number of hydrogen-bond acceptors (Lipinski definition) is 3. The molecule has 1 rings (SSSR count). The van der Waals surface area contributed by atoms with E-state index in [1.54, 1.807) is 19.9 Å². The van der Waals surface area contributed by atoms with Gasteiger partial charge in [-0.3, -0.25) is 0 Å². The van der Waals surface area contributed by atoms with Gasteiger partial charge in [0, 0.05) is 5.88 Å². The summed E-state index contributed by atoms with van der Waals surface area (Å²) in [5.41, 5.74) is 2.03. The van der Waals surface area contributed by atoms with Crippen molar-refractivity contribution in [1.29, 1.82) is 0 Å². The van der Waals surface area contributed by atoms with Crippen LogP contribution in [-0.4, -0.2) is 19.2 Å². The molecule has 0 amide bonds. The number of hydrogen-bond donors (Lipinski definition) is 0. The van der Waals surface area contributed by atoms with Crippen LogP contribution in [0.4, 0.5) is 4.39 Å². The van der Waals surface area contributed by atoms with E-state index in [0.717, 1.165) is 11.1 Å². The monoisotopic (exact) mass is 274 g/mol. The van der Waals surface area contributed by atoms with E-state index in [1.165, 1.54) is 0 Å². The number of aryl methyl sites for hydroxylation is 1. The first-order valence-electron chi connectivity index (χ1n) is 5.64. The van der Waals surface area contributed by atoms with E-state index in [2.05, 4.69) is 0 Å². The van der Waals surface area contributed by atoms with Crippen molar-refractivity contribution in [3.05, 3.63) is 28.6 Å². The second-order valence-electron chi connectivity index (χ2n) is 3.84. The van der Waals surface area contributed by atoms with Crippen LogP contribution in [-0.2, 0) is 15.4 Å². The molecule has 100 valence electrons. The number of alkyl halides is 1. The molecular formula is C13H16ClFO3. The van der Waals surface area contributed by atoms with Gasteiger partial charge in [-0.05, 0) is 43.5 Å². The molecule has 0 spiro atoms. The van der Waals surface area contributed by atoms with E-state index in [9.17, 15) is 9.18 Å². The molecule has 0 aliphatic rings. The van der Waals surface area contributed by atoms with Gasteiger partial charge in [0.15, 0.2) is 18.2 Å². The minimum Gasteiger partial charge on any atom is -0.479 e. The van der Waals surface area contributed by atoms with E-state index < -0.39 is 11.8 Å². The number of carbonyl (C=O) groups excluding carboxylic acids is 1. The van der Waals surface area contributed by atoms with E-state index in [1.807, 2.05) is 6.92 Å². The van der Waals surface area contributed by atoms with Crippen LogP contribution in [0.2, 0.25) is 0 Å². The van der Waals surface area contributed by atoms with E-state index in [4.69, 9.17) is 21.1 Å². The molecule has 1 aromatic rings. The van der Waals surface area contributed by atoms with Crippen molar-refractivity contribution >= 4 is 17.6 Å². The Hall–Kier alpha value is -1.29. The van der Waals surface area contributed by atoms with Gasteiger partial charge in [0.25, 0.3) is 0 Å². The maximum atomic E-state index is 13.9. The largest absolute Gasteiger partial charge is 0.479 e. The summed E-state index contributed by atoms with van der Waals surface area (Å²) in [5.74, 6) is -0.715. The molecule has 5 heteroatoms. The highest BCUT2D eigenvalue weighted by Crippen LogP contribution is 2.27. The number of esters is 1. The van der Waals surface area contributed by atoms with Crippen LogP contribution >= 0.6 is 11.6 Å². The zero-order chi connectivity index (χ0) is 13.7. The van der Waals surface area contributed by atoms with Gasteiger partial charge in [-0.25, -0.2) is 9.18 Å². The Kier molecular flexibility index (Phi) is 5.41. The molecule has 0 aliphatic heterocycles. The predicted octanol–water partition coefficient (Wildman–Crippen LogP) is 3.12. The Morgan fingerprint density at radius 1 is 1.44 bits per heavy atom. The Morgan fingerprint density at radius 2 is 2.11 bits per heavy atom. The molecule has 18 heavy (non-hydrogen) atoms. The second kappa shape index (κ2) is 6.59. The van der Waals surface area contributed by atoms with Crippen LogP contribution in [0.15, 0.2) is 6.07 Å². The maximum absolute atomic E-state index is 13.9. The molecule has 0 bridgehead atoms. The average molecular weight is 275 g/mol. The lowest BCUT2D eigenvalue weighted by Gasteiger charge is -2.13. The molecule has 0 heterocycles. The van der Waals surface area contributed by atoms with E-state index in [0.29, 0.717) is 5.56 Å². The van der Waals surface area contributed by atoms with Gasteiger partial charge in [-0.15, -0.1) is 11.6 Å². The summed E-state index contributed by atoms with van der Waals surface area (Å²) in [6.07, 6.45) is 0. The van der Waals surface area contributed by atoms with Crippen LogP contribution in [0.5, 0.6) is 5.75 Å². The highest BCUT2D eigenvalue weighted by atomic mass is 35.5. The number of rotatable bonds is 5. The fourth-order valence-electron chi connectivity index (χ4n) is 1.61. The standard InChI is InChI=1S/C13H16ClFO3/c1-4-17-12(16)7-18-11-5-8(2)10(6-14)9(3)13(11)15/h5H,4,6-7H2,1-3H3. The lowest BCUT2D eigenvalue weighted by molar-refractivity contribution is -0.145. The van der Waals surface area contributed by atoms with Crippen molar-refractivity contribution in [2.24, 2.45) is 0 Å². The van der Waals surface area contributed by atoms with Crippen molar-refractivity contribution in [2.75, 3.05) is 13.2 Å². The topological polar surface area (TPSA) is 35.5 Å². The summed E-state index contributed by atoms with van der Waals surface area (Å²) in [6.45, 7) is 5.12. The maximum Gasteiger partial charge on any atom is 0.344 e. The third-order valence-electron chi connectivity index (χ3n) is 2.61. The Balaban J connectivity index is 2.88. The van der Waals surface area contributed by atoms with E-state index in [-0.39, 0.29) is 24.8 Å². The number of halogens is 2. The third-order valence-corrected chi connectivity index (χ3v) is 2.87. The van der Waals surface area contributed by atoms with Crippen molar-refractivity contribution in [1.82, 2.24) is 0 Å². The first-order valence-corrected chi connectivity index (χ1v) is 6.17. The molecule has 0 radical (unpaired) electrons. The quantitative estimate of drug-likeness (QED) is 0.611. The van der Waals surface area contributed by atoms with E-state index >= 15 is 0 Å². The van der Waals surface area contributed by atoms with Crippen molar-refractivity contribution in [3.8, 4) is 5.75 Å². The van der Waals surface area contributed by atoms with Crippen molar-refractivity contribution in [3.63, 3.8) is 0 Å². The fourth-order valence-corrected chi connectivity index (χ4v) is 2.02. The molecule has 0 fully saturated rings. The van der Waals surface area contributed by atoms with Gasteiger partial charge in [-0.1, -0.05) is 0 Å². The third kappa shape index (κ3) is 3.35. The summed E-state index contributed by atoms with van der Waals surface area (Å²) in [7, 11) is 0. The summed E-state index contributed by atoms with van der Waals surface area (Å²) < 4.78 is 23.8. The molecule has 0 unspecified atom stereocenters. The van der Waals surface area contributed by atoms with Gasteiger partial charge in [0.2, 0.25) is 0 Å².